The van der Waals surface area contributed by atoms with Gasteiger partial charge in [-0.2, -0.15) is 0 Å². The summed E-state index contributed by atoms with van der Waals surface area (Å²) in [6, 6.07) is 11.2. The van der Waals surface area contributed by atoms with E-state index < -0.39 is 0 Å². The van der Waals surface area contributed by atoms with Gasteiger partial charge >= 0.3 is 0 Å². The molecule has 23 heavy (non-hydrogen) atoms. The summed E-state index contributed by atoms with van der Waals surface area (Å²) in [6.45, 7) is 1.61. The van der Waals surface area contributed by atoms with Crippen LogP contribution >= 0.6 is 46.4 Å². The summed E-state index contributed by atoms with van der Waals surface area (Å²) >= 11 is 25.1. The fourth-order valence-corrected chi connectivity index (χ4v) is 3.54. The molecule has 0 aromatic heterocycles. The summed E-state index contributed by atoms with van der Waals surface area (Å²) in [5, 5.41) is 2.46. The van der Waals surface area contributed by atoms with E-state index in [-0.39, 0.29) is 6.04 Å². The third-order valence-corrected chi connectivity index (χ3v) is 5.32. The van der Waals surface area contributed by atoms with Crippen LogP contribution in [0.15, 0.2) is 41.4 Å². The van der Waals surface area contributed by atoms with Gasteiger partial charge in [-0.3, -0.25) is 4.99 Å². The summed E-state index contributed by atoms with van der Waals surface area (Å²) in [5.41, 5.74) is 1.93. The molecule has 0 radical (unpaired) electrons. The number of hydrogen-bond donors (Lipinski definition) is 0. The zero-order valence-corrected chi connectivity index (χ0v) is 15.2. The maximum atomic E-state index is 6.44. The Hall–Kier alpha value is -0.930. The van der Waals surface area contributed by atoms with Crippen LogP contribution in [0.2, 0.25) is 20.1 Å². The molecule has 1 aliphatic rings. The van der Waals surface area contributed by atoms with Crippen LogP contribution in [0.4, 0.5) is 0 Å². The van der Waals surface area contributed by atoms with Crippen molar-refractivity contribution in [3.8, 4) is 0 Å². The second-order valence-electron chi connectivity index (χ2n) is 5.36. The molecule has 2 aromatic carbocycles. The molecule has 1 heterocycles. The predicted molar refractivity (Wildman–Crippen MR) is 99.4 cm³/mol. The molecule has 0 amide bonds. The molecule has 0 aliphatic carbocycles. The molecule has 2 aromatic rings. The molecule has 1 atom stereocenters. The van der Waals surface area contributed by atoms with E-state index in [4.69, 9.17) is 46.4 Å². The van der Waals surface area contributed by atoms with E-state index in [0.717, 1.165) is 24.2 Å². The van der Waals surface area contributed by atoms with Crippen molar-refractivity contribution in [3.63, 3.8) is 0 Å². The largest absolute Gasteiger partial charge is 0.354 e. The van der Waals surface area contributed by atoms with Crippen molar-refractivity contribution < 1.29 is 0 Å². The first-order chi connectivity index (χ1) is 11.1. The summed E-state index contributed by atoms with van der Waals surface area (Å²) in [7, 11) is 0. The van der Waals surface area contributed by atoms with Crippen molar-refractivity contribution in [2.75, 3.05) is 13.1 Å². The van der Waals surface area contributed by atoms with Gasteiger partial charge in [-0.15, -0.1) is 0 Å². The van der Waals surface area contributed by atoms with E-state index in [9.17, 15) is 0 Å². The lowest BCUT2D eigenvalue weighted by atomic mass is 9.97. The second-order valence-corrected chi connectivity index (χ2v) is 6.99. The first kappa shape index (κ1) is 16.9. The van der Waals surface area contributed by atoms with Gasteiger partial charge in [0.2, 0.25) is 0 Å². The fourth-order valence-electron chi connectivity index (χ4n) is 2.72. The summed E-state index contributed by atoms with van der Waals surface area (Å²) in [6.07, 6.45) is 2.53. The van der Waals surface area contributed by atoms with Gasteiger partial charge in [0, 0.05) is 16.6 Å². The Morgan fingerprint density at radius 2 is 1.87 bits per heavy atom. The molecule has 0 saturated heterocycles. The van der Waals surface area contributed by atoms with Gasteiger partial charge in [-0.25, -0.2) is 0 Å². The van der Waals surface area contributed by atoms with Crippen LogP contribution in [0, 0.1) is 0 Å². The highest BCUT2D eigenvalue weighted by atomic mass is 35.5. The topological polar surface area (TPSA) is 15.6 Å². The zero-order valence-electron chi connectivity index (χ0n) is 12.1. The van der Waals surface area contributed by atoms with Crippen LogP contribution in [0.5, 0.6) is 0 Å². The second kappa shape index (κ2) is 7.31. The Bertz CT molecular complexity index is 745. The monoisotopic (exact) mass is 386 g/mol. The lowest BCUT2D eigenvalue weighted by Crippen LogP contribution is -2.28. The molecule has 0 N–H and O–H groups in total. The lowest BCUT2D eigenvalue weighted by molar-refractivity contribution is 0.349. The quantitative estimate of drug-likeness (QED) is 0.634. The normalized spacial score (nSPS) is 15.2. The summed E-state index contributed by atoms with van der Waals surface area (Å²) in [4.78, 5) is 6.47. The summed E-state index contributed by atoms with van der Waals surface area (Å²) < 4.78 is 0. The highest BCUT2D eigenvalue weighted by molar-refractivity contribution is 6.42. The highest BCUT2D eigenvalue weighted by Crippen LogP contribution is 2.36. The average molecular weight is 388 g/mol. The Kier molecular flexibility index (Phi) is 5.38. The van der Waals surface area contributed by atoms with Crippen molar-refractivity contribution in [1.29, 1.82) is 0 Å². The Balaban J connectivity index is 2.00. The van der Waals surface area contributed by atoms with E-state index in [1.54, 1.807) is 12.1 Å². The number of halogens is 4. The van der Waals surface area contributed by atoms with Crippen LogP contribution in [0.3, 0.4) is 0 Å². The van der Waals surface area contributed by atoms with Gasteiger partial charge in [0.25, 0.3) is 0 Å². The molecule has 1 unspecified atom stereocenters. The Morgan fingerprint density at radius 1 is 1.04 bits per heavy atom. The average Bonchev–Trinajstić information content (AvgIpc) is 3.05. The van der Waals surface area contributed by atoms with Crippen molar-refractivity contribution in [2.45, 2.75) is 12.5 Å². The number of rotatable bonds is 4. The molecular formula is C17H14Cl4N2. The van der Waals surface area contributed by atoms with E-state index in [2.05, 4.69) is 9.89 Å². The zero-order chi connectivity index (χ0) is 16.4. The van der Waals surface area contributed by atoms with Gasteiger partial charge in [0.1, 0.15) is 0 Å². The first-order valence-electron chi connectivity index (χ1n) is 7.20. The van der Waals surface area contributed by atoms with E-state index in [1.807, 2.05) is 30.6 Å². The highest BCUT2D eigenvalue weighted by Gasteiger charge is 2.24. The minimum atomic E-state index is 0.00316. The maximum absolute atomic E-state index is 6.44. The van der Waals surface area contributed by atoms with E-state index >= 15 is 0 Å². The number of aliphatic imine (C=N–C) groups is 1. The molecule has 0 bridgehead atoms. The van der Waals surface area contributed by atoms with Crippen LogP contribution < -0.4 is 0 Å². The third-order valence-electron chi connectivity index (χ3n) is 3.88. The van der Waals surface area contributed by atoms with Crippen LogP contribution in [0.1, 0.15) is 17.2 Å². The van der Waals surface area contributed by atoms with Crippen molar-refractivity contribution in [2.24, 2.45) is 4.99 Å². The molecule has 2 nitrogen and oxygen atoms in total. The molecule has 6 heteroatoms. The van der Waals surface area contributed by atoms with Gasteiger partial charge in [-0.1, -0.05) is 58.5 Å². The Morgan fingerprint density at radius 3 is 2.61 bits per heavy atom. The van der Waals surface area contributed by atoms with E-state index in [1.165, 1.54) is 0 Å². The minimum Gasteiger partial charge on any atom is -0.354 e. The van der Waals surface area contributed by atoms with Crippen LogP contribution in [-0.2, 0) is 6.42 Å². The van der Waals surface area contributed by atoms with Crippen LogP contribution in [0.25, 0.3) is 0 Å². The van der Waals surface area contributed by atoms with Gasteiger partial charge < -0.3 is 4.90 Å². The van der Waals surface area contributed by atoms with E-state index in [0.29, 0.717) is 26.5 Å². The van der Waals surface area contributed by atoms with Gasteiger partial charge in [-0.05, 0) is 41.8 Å². The Labute approximate surface area is 155 Å². The molecule has 120 valence electrons. The number of nitrogens with zero attached hydrogens (tertiary/aromatic N) is 2. The summed E-state index contributed by atoms with van der Waals surface area (Å²) in [5.74, 6) is 0. The number of benzene rings is 2. The molecule has 0 spiro atoms. The number of hydrogen-bond acceptors (Lipinski definition) is 2. The van der Waals surface area contributed by atoms with Gasteiger partial charge in [0.05, 0.1) is 29.0 Å². The standard InChI is InChI=1S/C17H14Cl4N2/c18-12-4-5-14(19)11(8-12)9-16(23-7-6-22-10-23)13-2-1-3-15(20)17(13)21/h1-5,8,10,16H,6-7,9H2. The third kappa shape index (κ3) is 3.77. The van der Waals surface area contributed by atoms with Crippen molar-refractivity contribution in [3.05, 3.63) is 67.6 Å². The molecule has 1 aliphatic heterocycles. The van der Waals surface area contributed by atoms with Crippen LogP contribution in [-0.4, -0.2) is 24.3 Å². The molecular weight excluding hydrogens is 374 g/mol. The lowest BCUT2D eigenvalue weighted by Gasteiger charge is -2.29. The first-order valence-corrected chi connectivity index (χ1v) is 8.71. The predicted octanol–water partition coefficient (Wildman–Crippen LogP) is 5.93. The van der Waals surface area contributed by atoms with Gasteiger partial charge in [0.15, 0.2) is 0 Å². The van der Waals surface area contributed by atoms with Crippen molar-refractivity contribution >= 4 is 52.7 Å². The fraction of sp³-hybridized carbons (Fsp3) is 0.235. The molecule has 0 saturated carbocycles. The van der Waals surface area contributed by atoms with Crippen molar-refractivity contribution in [1.82, 2.24) is 4.90 Å². The minimum absolute atomic E-state index is 0.00316. The smallest absolute Gasteiger partial charge is 0.0856 e. The maximum Gasteiger partial charge on any atom is 0.0856 e. The molecule has 0 fully saturated rings. The molecule has 3 rings (SSSR count). The SMILES string of the molecule is Clc1ccc(Cl)c(CC(c2cccc(Cl)c2Cl)N2C=NCC2)c1.